The summed E-state index contributed by atoms with van der Waals surface area (Å²) in [6.45, 7) is 5.34. The Morgan fingerprint density at radius 2 is 2.00 bits per heavy atom. The monoisotopic (exact) mass is 376 g/mol. The van der Waals surface area contributed by atoms with Gasteiger partial charge in [-0.15, -0.1) is 0 Å². The third kappa shape index (κ3) is 3.69. The van der Waals surface area contributed by atoms with E-state index in [2.05, 4.69) is 4.98 Å². The first kappa shape index (κ1) is 19.3. The number of ether oxygens (including phenoxy) is 2. The van der Waals surface area contributed by atoms with Gasteiger partial charge in [0, 0.05) is 6.42 Å². The molecule has 0 radical (unpaired) electrons. The van der Waals surface area contributed by atoms with Gasteiger partial charge in [-0.05, 0) is 37.5 Å². The summed E-state index contributed by atoms with van der Waals surface area (Å²) in [6, 6.07) is 5.86. The highest BCUT2D eigenvalue weighted by atomic mass is 16.6. The highest BCUT2D eigenvalue weighted by molar-refractivity contribution is 5.33. The number of aryl methyl sites for hydroxylation is 2. The van der Waals surface area contributed by atoms with Gasteiger partial charge in [-0.3, -0.25) is 14.3 Å². The van der Waals surface area contributed by atoms with Crippen molar-refractivity contribution in [2.24, 2.45) is 0 Å². The lowest BCUT2D eigenvalue weighted by atomic mass is 10.0. The third-order valence-corrected chi connectivity index (χ3v) is 5.04. The van der Waals surface area contributed by atoms with Crippen LogP contribution in [0.1, 0.15) is 30.0 Å². The fourth-order valence-electron chi connectivity index (χ4n) is 3.42. The standard InChI is InChI=1S/C19H24N2O6/c1-11-5-4-6-12(2)13(11)10-26-15-8-21(18(25)20-17(15)24)19(3)7-14(23)16(9-22)27-19/h4-6,8,14,16,22-23H,7,9-10H2,1-3H3,(H,20,24,25)/t14-,16+,19+/m0/s1. The number of nitrogens with one attached hydrogen (secondary N) is 1. The van der Waals surface area contributed by atoms with E-state index in [1.165, 1.54) is 10.8 Å². The van der Waals surface area contributed by atoms with Crippen LogP contribution in [0.15, 0.2) is 34.0 Å². The largest absolute Gasteiger partial charge is 0.482 e. The Labute approximate surface area is 156 Å². The topological polar surface area (TPSA) is 114 Å². The van der Waals surface area contributed by atoms with Crippen LogP contribution in [0.5, 0.6) is 5.75 Å². The van der Waals surface area contributed by atoms with Crippen LogP contribution in [-0.4, -0.2) is 38.6 Å². The van der Waals surface area contributed by atoms with Gasteiger partial charge in [0.15, 0.2) is 0 Å². The second-order valence-electron chi connectivity index (χ2n) is 7.07. The van der Waals surface area contributed by atoms with Crippen LogP contribution in [0.4, 0.5) is 0 Å². The molecule has 0 bridgehead atoms. The van der Waals surface area contributed by atoms with Crippen molar-refractivity contribution < 1.29 is 19.7 Å². The highest BCUT2D eigenvalue weighted by Crippen LogP contribution is 2.34. The first-order valence-corrected chi connectivity index (χ1v) is 8.76. The molecule has 2 heterocycles. The molecule has 3 atom stereocenters. The Kier molecular flexibility index (Phi) is 5.23. The highest BCUT2D eigenvalue weighted by Gasteiger charge is 2.44. The van der Waals surface area contributed by atoms with Gasteiger partial charge >= 0.3 is 5.69 Å². The molecule has 0 aliphatic carbocycles. The van der Waals surface area contributed by atoms with Crippen LogP contribution >= 0.6 is 0 Å². The van der Waals surface area contributed by atoms with Gasteiger partial charge in [0.25, 0.3) is 5.56 Å². The normalized spacial score (nSPS) is 24.9. The molecule has 1 aliphatic heterocycles. The zero-order valence-electron chi connectivity index (χ0n) is 15.6. The summed E-state index contributed by atoms with van der Waals surface area (Å²) in [6.07, 6.45) is -0.326. The third-order valence-electron chi connectivity index (χ3n) is 5.04. The van der Waals surface area contributed by atoms with Crippen LogP contribution in [0.25, 0.3) is 0 Å². The molecule has 3 N–H and O–H groups in total. The number of aliphatic hydroxyl groups is 2. The van der Waals surface area contributed by atoms with Gasteiger partial charge in [0.1, 0.15) is 18.4 Å². The van der Waals surface area contributed by atoms with Crippen LogP contribution in [0.2, 0.25) is 0 Å². The molecule has 0 amide bonds. The number of rotatable bonds is 5. The second-order valence-corrected chi connectivity index (χ2v) is 7.07. The van der Waals surface area contributed by atoms with Gasteiger partial charge in [-0.2, -0.15) is 0 Å². The molecule has 1 aromatic carbocycles. The van der Waals surface area contributed by atoms with E-state index in [1.54, 1.807) is 6.92 Å². The second kappa shape index (κ2) is 7.30. The van der Waals surface area contributed by atoms with E-state index < -0.39 is 29.2 Å². The molecule has 1 saturated heterocycles. The molecule has 27 heavy (non-hydrogen) atoms. The molecule has 8 nitrogen and oxygen atoms in total. The van der Waals surface area contributed by atoms with Crippen LogP contribution in [-0.2, 0) is 17.1 Å². The summed E-state index contributed by atoms with van der Waals surface area (Å²) in [5.41, 5.74) is 0.537. The minimum atomic E-state index is -1.20. The van der Waals surface area contributed by atoms with Crippen LogP contribution < -0.4 is 16.0 Å². The van der Waals surface area contributed by atoms with Crippen LogP contribution in [0, 0.1) is 13.8 Å². The van der Waals surface area contributed by atoms with E-state index in [-0.39, 0.29) is 25.4 Å². The van der Waals surface area contributed by atoms with Crippen molar-refractivity contribution in [3.05, 3.63) is 61.9 Å². The molecule has 8 heteroatoms. The summed E-state index contributed by atoms with van der Waals surface area (Å²) in [5, 5.41) is 19.3. The molecule has 1 aliphatic rings. The Balaban J connectivity index is 1.91. The van der Waals surface area contributed by atoms with E-state index in [9.17, 15) is 19.8 Å². The van der Waals surface area contributed by atoms with Crippen molar-refractivity contribution in [1.29, 1.82) is 0 Å². The van der Waals surface area contributed by atoms with E-state index in [4.69, 9.17) is 9.47 Å². The Hall–Kier alpha value is -2.42. The fraction of sp³-hybridized carbons (Fsp3) is 0.474. The summed E-state index contributed by atoms with van der Waals surface area (Å²) >= 11 is 0. The molecule has 2 aromatic rings. The van der Waals surface area contributed by atoms with E-state index in [0.717, 1.165) is 16.7 Å². The lowest BCUT2D eigenvalue weighted by Gasteiger charge is -2.26. The maximum Gasteiger partial charge on any atom is 0.330 e. The number of aromatic amines is 1. The van der Waals surface area contributed by atoms with Gasteiger partial charge in [-0.25, -0.2) is 4.79 Å². The minimum absolute atomic E-state index is 0.0241. The number of benzene rings is 1. The average Bonchev–Trinajstić information content (AvgIpc) is 2.90. The molecule has 3 rings (SSSR count). The zero-order chi connectivity index (χ0) is 19.8. The number of H-pyrrole nitrogens is 1. The fourth-order valence-corrected chi connectivity index (χ4v) is 3.42. The van der Waals surface area contributed by atoms with Gasteiger partial charge in [-0.1, -0.05) is 18.2 Å². The first-order chi connectivity index (χ1) is 12.7. The zero-order valence-corrected chi connectivity index (χ0v) is 15.6. The number of hydrogen-bond acceptors (Lipinski definition) is 6. The summed E-state index contributed by atoms with van der Waals surface area (Å²) < 4.78 is 12.5. The van der Waals surface area contributed by atoms with Gasteiger partial charge < -0.3 is 19.7 Å². The first-order valence-electron chi connectivity index (χ1n) is 8.76. The number of hydrogen-bond donors (Lipinski definition) is 3. The van der Waals surface area contributed by atoms with E-state index in [1.807, 2.05) is 32.0 Å². The average molecular weight is 376 g/mol. The van der Waals surface area contributed by atoms with Crippen molar-refractivity contribution in [2.75, 3.05) is 6.61 Å². The molecule has 0 spiro atoms. The summed E-state index contributed by atoms with van der Waals surface area (Å²) in [4.78, 5) is 26.7. The maximum atomic E-state index is 12.3. The minimum Gasteiger partial charge on any atom is -0.482 e. The number of aliphatic hydroxyl groups excluding tert-OH is 2. The molecule has 146 valence electrons. The molecular weight excluding hydrogens is 352 g/mol. The van der Waals surface area contributed by atoms with E-state index in [0.29, 0.717) is 0 Å². The van der Waals surface area contributed by atoms with Crippen molar-refractivity contribution in [3.8, 4) is 5.75 Å². The Bertz CT molecular complexity index is 930. The SMILES string of the molecule is Cc1cccc(C)c1COc1cn([C@@]2(C)C[C@H](O)[C@@H](CO)O2)c(=O)[nH]c1=O. The summed E-state index contributed by atoms with van der Waals surface area (Å²) in [7, 11) is 0. The molecule has 1 fully saturated rings. The maximum absolute atomic E-state index is 12.3. The predicted octanol–water partition coefficient (Wildman–Crippen LogP) is 0.547. The molecule has 1 aromatic heterocycles. The van der Waals surface area contributed by atoms with Crippen molar-refractivity contribution in [3.63, 3.8) is 0 Å². The Morgan fingerprint density at radius 1 is 1.33 bits per heavy atom. The molecular formula is C19H24N2O6. The van der Waals surface area contributed by atoms with Crippen molar-refractivity contribution in [2.45, 2.75) is 51.7 Å². The Morgan fingerprint density at radius 3 is 2.59 bits per heavy atom. The van der Waals surface area contributed by atoms with Gasteiger partial charge in [0.2, 0.25) is 5.75 Å². The van der Waals surface area contributed by atoms with Gasteiger partial charge in [0.05, 0.1) is 18.9 Å². The number of nitrogens with zero attached hydrogens (tertiary/aromatic N) is 1. The lowest BCUT2D eigenvalue weighted by molar-refractivity contribution is -0.108. The lowest BCUT2D eigenvalue weighted by Crippen LogP contribution is -2.42. The molecule has 0 saturated carbocycles. The molecule has 0 unspecified atom stereocenters. The summed E-state index contributed by atoms with van der Waals surface area (Å²) in [5.74, 6) is -0.0241. The van der Waals surface area contributed by atoms with E-state index >= 15 is 0 Å². The van der Waals surface area contributed by atoms with Crippen molar-refractivity contribution >= 4 is 0 Å². The smallest absolute Gasteiger partial charge is 0.330 e. The van der Waals surface area contributed by atoms with Crippen LogP contribution in [0.3, 0.4) is 0 Å². The predicted molar refractivity (Wildman–Crippen MR) is 97.8 cm³/mol. The quantitative estimate of drug-likeness (QED) is 0.702. The van der Waals surface area contributed by atoms with Crippen molar-refractivity contribution in [1.82, 2.24) is 9.55 Å². The number of aromatic nitrogens is 2.